The highest BCUT2D eigenvalue weighted by atomic mass is 16.5. The lowest BCUT2D eigenvalue weighted by Crippen LogP contribution is -2.33. The third-order valence-electron chi connectivity index (χ3n) is 4.12. The fourth-order valence-corrected chi connectivity index (χ4v) is 2.97. The number of benzene rings is 1. The van der Waals surface area contributed by atoms with E-state index in [1.807, 2.05) is 6.07 Å². The maximum Gasteiger partial charge on any atom is 0.119 e. The molecule has 0 saturated heterocycles. The molecule has 0 aromatic heterocycles. The molecular formula is C16H19NO2. The van der Waals surface area contributed by atoms with E-state index in [0.29, 0.717) is 0 Å². The zero-order valence-corrected chi connectivity index (χ0v) is 11.4. The minimum Gasteiger partial charge on any atom is -0.497 e. The van der Waals surface area contributed by atoms with E-state index in [-0.39, 0.29) is 5.41 Å². The van der Waals surface area contributed by atoms with Gasteiger partial charge in [0.25, 0.3) is 0 Å². The van der Waals surface area contributed by atoms with Crippen LogP contribution >= 0.6 is 0 Å². The van der Waals surface area contributed by atoms with Crippen LogP contribution in [0.3, 0.4) is 0 Å². The van der Waals surface area contributed by atoms with Crippen LogP contribution < -0.4 is 10.1 Å². The molecule has 2 aliphatic rings. The number of nitrogens with one attached hydrogen (secondary N) is 1. The van der Waals surface area contributed by atoms with Crippen LogP contribution in [0.25, 0.3) is 0 Å². The molecule has 0 radical (unpaired) electrons. The van der Waals surface area contributed by atoms with Crippen molar-refractivity contribution >= 4 is 5.69 Å². The summed E-state index contributed by atoms with van der Waals surface area (Å²) in [6.07, 6.45) is 8.61. The summed E-state index contributed by atoms with van der Waals surface area (Å²) >= 11 is 0. The Bertz CT molecular complexity index is 548. The number of fused-ring (bicyclic) bond motifs is 2. The maximum atomic E-state index is 5.36. The van der Waals surface area contributed by atoms with Gasteiger partial charge in [0.2, 0.25) is 0 Å². The molecule has 0 unspecified atom stereocenters. The molecule has 0 bridgehead atoms. The standard InChI is InChI=1S/C16H19NO2/c1-18-12-5-7-16(8-6-12)9-10-17-15-4-3-13(19-2)11-14(15)16/h3-7,11,17H,8-10H2,1-2H3/t16-/m0/s1. The average molecular weight is 257 g/mol. The summed E-state index contributed by atoms with van der Waals surface area (Å²) in [6.45, 7) is 1.000. The van der Waals surface area contributed by atoms with Gasteiger partial charge in [0.05, 0.1) is 14.2 Å². The molecule has 3 heteroatoms. The van der Waals surface area contributed by atoms with Crippen molar-refractivity contribution in [3.63, 3.8) is 0 Å². The van der Waals surface area contributed by atoms with Gasteiger partial charge in [0, 0.05) is 17.6 Å². The highest BCUT2D eigenvalue weighted by Crippen LogP contribution is 2.44. The predicted molar refractivity (Wildman–Crippen MR) is 76.6 cm³/mol. The zero-order chi connectivity index (χ0) is 13.3. The molecule has 3 rings (SSSR count). The number of allylic oxidation sites excluding steroid dienone is 3. The van der Waals surface area contributed by atoms with E-state index in [1.165, 1.54) is 11.3 Å². The normalized spacial score (nSPS) is 24.4. The van der Waals surface area contributed by atoms with Crippen molar-refractivity contribution in [1.82, 2.24) is 0 Å². The largest absolute Gasteiger partial charge is 0.497 e. The van der Waals surface area contributed by atoms with Crippen molar-refractivity contribution in [3.8, 4) is 5.75 Å². The summed E-state index contributed by atoms with van der Waals surface area (Å²) in [5.41, 5.74) is 2.61. The highest BCUT2D eigenvalue weighted by molar-refractivity contribution is 5.62. The van der Waals surface area contributed by atoms with Crippen LogP contribution in [0, 0.1) is 0 Å². The molecule has 1 aliphatic heterocycles. The fraction of sp³-hybridized carbons (Fsp3) is 0.375. The first-order chi connectivity index (χ1) is 9.27. The molecule has 1 atom stereocenters. The topological polar surface area (TPSA) is 30.5 Å². The molecule has 0 amide bonds. The average Bonchev–Trinajstić information content (AvgIpc) is 2.48. The first-order valence-corrected chi connectivity index (χ1v) is 6.63. The highest BCUT2D eigenvalue weighted by Gasteiger charge is 2.35. The molecular weight excluding hydrogens is 238 g/mol. The molecule has 1 aromatic carbocycles. The van der Waals surface area contributed by atoms with Gasteiger partial charge in [-0.15, -0.1) is 0 Å². The van der Waals surface area contributed by atoms with Crippen LogP contribution in [0.2, 0.25) is 0 Å². The van der Waals surface area contributed by atoms with Gasteiger partial charge in [0.15, 0.2) is 0 Å². The predicted octanol–water partition coefficient (Wildman–Crippen LogP) is 3.24. The molecule has 19 heavy (non-hydrogen) atoms. The Morgan fingerprint density at radius 3 is 2.79 bits per heavy atom. The summed E-state index contributed by atoms with van der Waals surface area (Å²) in [4.78, 5) is 0. The minimum atomic E-state index is 0.0805. The van der Waals surface area contributed by atoms with Gasteiger partial charge < -0.3 is 14.8 Å². The SMILES string of the molecule is COC1=CC[C@@]2(C=C1)CCNc1ccc(OC)cc12. The van der Waals surface area contributed by atoms with E-state index in [1.54, 1.807) is 14.2 Å². The summed E-state index contributed by atoms with van der Waals surface area (Å²) in [6, 6.07) is 6.27. The van der Waals surface area contributed by atoms with Crippen LogP contribution in [0.1, 0.15) is 18.4 Å². The third-order valence-corrected chi connectivity index (χ3v) is 4.12. The lowest BCUT2D eigenvalue weighted by molar-refractivity contribution is 0.298. The van der Waals surface area contributed by atoms with Crippen molar-refractivity contribution in [2.75, 3.05) is 26.1 Å². The summed E-state index contributed by atoms with van der Waals surface area (Å²) < 4.78 is 10.7. The molecule has 1 N–H and O–H groups in total. The minimum absolute atomic E-state index is 0.0805. The van der Waals surface area contributed by atoms with Gasteiger partial charge in [-0.1, -0.05) is 6.08 Å². The monoisotopic (exact) mass is 257 g/mol. The van der Waals surface area contributed by atoms with Gasteiger partial charge in [-0.25, -0.2) is 0 Å². The lowest BCUT2D eigenvalue weighted by Gasteiger charge is -2.38. The Morgan fingerprint density at radius 2 is 2.11 bits per heavy atom. The first-order valence-electron chi connectivity index (χ1n) is 6.63. The molecule has 1 heterocycles. The van der Waals surface area contributed by atoms with Gasteiger partial charge in [0.1, 0.15) is 11.5 Å². The Hall–Kier alpha value is -1.90. The Kier molecular flexibility index (Phi) is 2.97. The van der Waals surface area contributed by atoms with Crippen LogP contribution in [0.15, 0.2) is 42.2 Å². The van der Waals surface area contributed by atoms with E-state index in [0.717, 1.165) is 30.9 Å². The number of ether oxygens (including phenoxy) is 2. The quantitative estimate of drug-likeness (QED) is 0.882. The first kappa shape index (κ1) is 12.2. The van der Waals surface area contributed by atoms with Crippen LogP contribution in [-0.4, -0.2) is 20.8 Å². The van der Waals surface area contributed by atoms with Crippen LogP contribution in [0.4, 0.5) is 5.69 Å². The number of hydrogen-bond acceptors (Lipinski definition) is 3. The number of rotatable bonds is 2. The molecule has 0 fully saturated rings. The second-order valence-corrected chi connectivity index (χ2v) is 5.09. The molecule has 1 aliphatic carbocycles. The van der Waals surface area contributed by atoms with E-state index in [2.05, 4.69) is 35.7 Å². The van der Waals surface area contributed by atoms with Gasteiger partial charge in [-0.3, -0.25) is 0 Å². The second-order valence-electron chi connectivity index (χ2n) is 5.09. The Balaban J connectivity index is 2.03. The molecule has 1 spiro atoms. The number of hydrogen-bond donors (Lipinski definition) is 1. The second kappa shape index (κ2) is 4.65. The van der Waals surface area contributed by atoms with Gasteiger partial charge in [-0.2, -0.15) is 0 Å². The smallest absolute Gasteiger partial charge is 0.119 e. The fourth-order valence-electron chi connectivity index (χ4n) is 2.97. The van der Waals surface area contributed by atoms with E-state index in [4.69, 9.17) is 9.47 Å². The van der Waals surface area contributed by atoms with Gasteiger partial charge >= 0.3 is 0 Å². The Labute approximate surface area is 113 Å². The van der Waals surface area contributed by atoms with Crippen molar-refractivity contribution in [2.24, 2.45) is 0 Å². The maximum absolute atomic E-state index is 5.36. The number of anilines is 1. The van der Waals surface area contributed by atoms with Crippen molar-refractivity contribution in [2.45, 2.75) is 18.3 Å². The Morgan fingerprint density at radius 1 is 1.21 bits per heavy atom. The summed E-state index contributed by atoms with van der Waals surface area (Å²) in [5, 5.41) is 3.47. The van der Waals surface area contributed by atoms with Crippen LogP contribution in [0.5, 0.6) is 5.75 Å². The molecule has 0 saturated carbocycles. The van der Waals surface area contributed by atoms with Gasteiger partial charge in [-0.05, 0) is 48.8 Å². The van der Waals surface area contributed by atoms with E-state index >= 15 is 0 Å². The molecule has 100 valence electrons. The lowest BCUT2D eigenvalue weighted by atomic mass is 9.70. The van der Waals surface area contributed by atoms with Crippen molar-refractivity contribution < 1.29 is 9.47 Å². The zero-order valence-electron chi connectivity index (χ0n) is 11.4. The molecule has 1 aromatic rings. The van der Waals surface area contributed by atoms with Crippen molar-refractivity contribution in [3.05, 3.63) is 47.7 Å². The van der Waals surface area contributed by atoms with Crippen molar-refractivity contribution in [1.29, 1.82) is 0 Å². The number of methoxy groups -OCH3 is 2. The summed E-state index contributed by atoms with van der Waals surface area (Å²) in [7, 11) is 3.43. The van der Waals surface area contributed by atoms with E-state index in [9.17, 15) is 0 Å². The third kappa shape index (κ3) is 1.99. The molecule has 3 nitrogen and oxygen atoms in total. The van der Waals surface area contributed by atoms with E-state index < -0.39 is 0 Å². The van der Waals surface area contributed by atoms with Crippen LogP contribution in [-0.2, 0) is 10.2 Å². The summed E-state index contributed by atoms with van der Waals surface area (Å²) in [5.74, 6) is 1.87.